The molecule has 3 N–H and O–H groups in total. The van der Waals surface area contributed by atoms with Gasteiger partial charge in [-0.15, -0.1) is 0 Å². The summed E-state index contributed by atoms with van der Waals surface area (Å²) in [5.74, 6) is 0.504. The Morgan fingerprint density at radius 3 is 3.20 bits per heavy atom. The van der Waals surface area contributed by atoms with Gasteiger partial charge in [0.15, 0.2) is 0 Å². The van der Waals surface area contributed by atoms with E-state index in [-0.39, 0.29) is 11.9 Å². The second kappa shape index (κ2) is 5.25. The van der Waals surface area contributed by atoms with Crippen molar-refractivity contribution in [3.63, 3.8) is 0 Å². The molecule has 5 nitrogen and oxygen atoms in total. The molecular weight excluding hydrogens is 252 g/mol. The van der Waals surface area contributed by atoms with E-state index in [1.807, 2.05) is 30.0 Å². The van der Waals surface area contributed by atoms with E-state index in [0.29, 0.717) is 5.92 Å². The van der Waals surface area contributed by atoms with Crippen LogP contribution < -0.4 is 5.73 Å². The van der Waals surface area contributed by atoms with Crippen molar-refractivity contribution in [1.29, 1.82) is 0 Å². The molecule has 0 aliphatic carbocycles. The van der Waals surface area contributed by atoms with Crippen LogP contribution in [0.15, 0.2) is 24.4 Å². The number of nitrogens with two attached hydrogens (primary N) is 1. The molecule has 1 amide bonds. The molecule has 1 aliphatic heterocycles. The van der Waals surface area contributed by atoms with Crippen LogP contribution in [0.25, 0.3) is 10.9 Å². The molecule has 3 rings (SSSR count). The fourth-order valence-corrected chi connectivity index (χ4v) is 2.88. The molecule has 5 heteroatoms. The largest absolute Gasteiger partial charge is 0.338 e. The lowest BCUT2D eigenvalue weighted by Gasteiger charge is -2.34. The maximum atomic E-state index is 12.6. The van der Waals surface area contributed by atoms with Crippen molar-refractivity contribution in [3.05, 3.63) is 30.0 Å². The first-order valence-corrected chi connectivity index (χ1v) is 7.13. The second-order valence-corrected chi connectivity index (χ2v) is 5.68. The van der Waals surface area contributed by atoms with Crippen molar-refractivity contribution < 1.29 is 4.79 Å². The Kier molecular flexibility index (Phi) is 3.44. The zero-order valence-electron chi connectivity index (χ0n) is 11.7. The van der Waals surface area contributed by atoms with Crippen LogP contribution in [0.1, 0.15) is 30.1 Å². The molecule has 0 spiro atoms. The quantitative estimate of drug-likeness (QED) is 0.874. The number of hydrogen-bond acceptors (Lipinski definition) is 3. The Balaban J connectivity index is 1.80. The zero-order chi connectivity index (χ0) is 14.1. The number of likely N-dealkylation sites (tertiary alicyclic amines) is 1. The van der Waals surface area contributed by atoms with Crippen molar-refractivity contribution in [1.82, 2.24) is 15.1 Å². The summed E-state index contributed by atoms with van der Waals surface area (Å²) in [5, 5.41) is 7.85. The van der Waals surface area contributed by atoms with Gasteiger partial charge in [0.25, 0.3) is 5.91 Å². The van der Waals surface area contributed by atoms with Crippen molar-refractivity contribution in [2.45, 2.75) is 25.8 Å². The predicted octanol–water partition coefficient (Wildman–Crippen LogP) is 1.76. The van der Waals surface area contributed by atoms with E-state index < -0.39 is 0 Å². The Morgan fingerprint density at radius 1 is 1.55 bits per heavy atom. The smallest absolute Gasteiger partial charge is 0.253 e. The van der Waals surface area contributed by atoms with E-state index in [4.69, 9.17) is 5.73 Å². The van der Waals surface area contributed by atoms with Crippen LogP contribution in [0.2, 0.25) is 0 Å². The molecule has 1 fully saturated rings. The van der Waals surface area contributed by atoms with Gasteiger partial charge in [-0.05, 0) is 43.9 Å². The number of hydrogen-bond donors (Lipinski definition) is 2. The van der Waals surface area contributed by atoms with Crippen molar-refractivity contribution in [3.8, 4) is 0 Å². The van der Waals surface area contributed by atoms with Gasteiger partial charge in [-0.2, -0.15) is 5.10 Å². The Hall–Kier alpha value is -1.88. The summed E-state index contributed by atoms with van der Waals surface area (Å²) >= 11 is 0. The molecule has 0 saturated carbocycles. The number of nitrogens with zero attached hydrogens (tertiary/aromatic N) is 2. The lowest BCUT2D eigenvalue weighted by molar-refractivity contribution is 0.0661. The van der Waals surface area contributed by atoms with Gasteiger partial charge in [0.2, 0.25) is 0 Å². The maximum absolute atomic E-state index is 12.6. The topological polar surface area (TPSA) is 75.0 Å². The number of rotatable bonds is 2. The van der Waals surface area contributed by atoms with Crippen LogP contribution in [0.5, 0.6) is 0 Å². The molecule has 1 saturated heterocycles. The average molecular weight is 272 g/mol. The monoisotopic (exact) mass is 272 g/mol. The molecule has 2 atom stereocenters. The van der Waals surface area contributed by atoms with E-state index in [1.54, 1.807) is 6.20 Å². The molecule has 0 unspecified atom stereocenters. The number of carbonyl (C=O) groups excluding carboxylic acids is 1. The number of carbonyl (C=O) groups is 1. The van der Waals surface area contributed by atoms with Crippen molar-refractivity contribution in [2.24, 2.45) is 11.7 Å². The zero-order valence-corrected chi connectivity index (χ0v) is 11.7. The summed E-state index contributed by atoms with van der Waals surface area (Å²) in [4.78, 5) is 14.5. The third-order valence-electron chi connectivity index (χ3n) is 4.18. The third-order valence-corrected chi connectivity index (χ3v) is 4.18. The SMILES string of the molecule is C[C@H](N)[C@H]1CCCN(C(=O)c2ccc3[nH]ncc3c2)C1. The molecule has 2 heterocycles. The van der Waals surface area contributed by atoms with Gasteiger partial charge in [0.05, 0.1) is 11.7 Å². The average Bonchev–Trinajstić information content (AvgIpc) is 2.94. The molecule has 20 heavy (non-hydrogen) atoms. The lowest BCUT2D eigenvalue weighted by atomic mass is 9.92. The highest BCUT2D eigenvalue weighted by Crippen LogP contribution is 2.21. The van der Waals surface area contributed by atoms with Crippen molar-refractivity contribution >= 4 is 16.8 Å². The maximum Gasteiger partial charge on any atom is 0.253 e. The summed E-state index contributed by atoms with van der Waals surface area (Å²) in [6.07, 6.45) is 3.89. The molecule has 1 aromatic carbocycles. The Labute approximate surface area is 118 Å². The fraction of sp³-hybridized carbons (Fsp3) is 0.467. The fourth-order valence-electron chi connectivity index (χ4n) is 2.88. The molecular formula is C15H20N4O. The minimum Gasteiger partial charge on any atom is -0.338 e. The number of H-pyrrole nitrogens is 1. The van der Waals surface area contributed by atoms with E-state index in [1.165, 1.54) is 0 Å². The summed E-state index contributed by atoms with van der Waals surface area (Å²) in [6, 6.07) is 5.80. The van der Waals surface area contributed by atoms with Crippen LogP contribution in [0, 0.1) is 5.92 Å². The molecule has 0 bridgehead atoms. The highest BCUT2D eigenvalue weighted by atomic mass is 16.2. The van der Waals surface area contributed by atoms with Crippen LogP contribution in [0.3, 0.4) is 0 Å². The Bertz CT molecular complexity index is 619. The number of nitrogens with one attached hydrogen (secondary N) is 1. The number of fused-ring (bicyclic) bond motifs is 1. The normalized spacial score (nSPS) is 21.1. The molecule has 0 radical (unpaired) electrons. The summed E-state index contributed by atoms with van der Waals surface area (Å²) in [7, 11) is 0. The summed E-state index contributed by atoms with van der Waals surface area (Å²) in [5.41, 5.74) is 7.66. The highest BCUT2D eigenvalue weighted by molar-refractivity contribution is 5.97. The number of piperidine rings is 1. The highest BCUT2D eigenvalue weighted by Gasteiger charge is 2.26. The van der Waals surface area contributed by atoms with Crippen LogP contribution in [-0.2, 0) is 0 Å². The van der Waals surface area contributed by atoms with Crippen LogP contribution in [0.4, 0.5) is 0 Å². The molecule has 1 aliphatic rings. The van der Waals surface area contributed by atoms with Crippen molar-refractivity contribution in [2.75, 3.05) is 13.1 Å². The molecule has 1 aromatic heterocycles. The summed E-state index contributed by atoms with van der Waals surface area (Å²) < 4.78 is 0. The standard InChI is InChI=1S/C15H20N4O/c1-10(16)12-3-2-6-19(9-12)15(20)11-4-5-14-13(7-11)8-17-18-14/h4-5,7-8,10,12H,2-3,6,9,16H2,1H3,(H,17,18)/t10-,12-/m0/s1. The Morgan fingerprint density at radius 2 is 2.40 bits per heavy atom. The van der Waals surface area contributed by atoms with Crippen LogP contribution >= 0.6 is 0 Å². The predicted molar refractivity (Wildman–Crippen MR) is 78.4 cm³/mol. The minimum atomic E-state index is 0.0958. The van der Waals surface area contributed by atoms with E-state index in [2.05, 4.69) is 10.2 Å². The molecule has 106 valence electrons. The number of aromatic amines is 1. The first-order chi connectivity index (χ1) is 9.65. The van der Waals surface area contributed by atoms with Gasteiger partial charge >= 0.3 is 0 Å². The molecule has 2 aromatic rings. The van der Waals surface area contributed by atoms with Gasteiger partial charge in [0.1, 0.15) is 0 Å². The number of amides is 1. The van der Waals surface area contributed by atoms with E-state index in [0.717, 1.165) is 42.4 Å². The van der Waals surface area contributed by atoms with Gasteiger partial charge in [-0.1, -0.05) is 0 Å². The van der Waals surface area contributed by atoms with Gasteiger partial charge in [-0.3, -0.25) is 9.89 Å². The van der Waals surface area contributed by atoms with Gasteiger partial charge in [0, 0.05) is 30.1 Å². The van der Waals surface area contributed by atoms with Gasteiger partial charge in [-0.25, -0.2) is 0 Å². The summed E-state index contributed by atoms with van der Waals surface area (Å²) in [6.45, 7) is 3.61. The lowest BCUT2D eigenvalue weighted by Crippen LogP contribution is -2.45. The minimum absolute atomic E-state index is 0.0958. The van der Waals surface area contributed by atoms with Crippen LogP contribution in [-0.4, -0.2) is 40.1 Å². The van der Waals surface area contributed by atoms with E-state index in [9.17, 15) is 4.79 Å². The first-order valence-electron chi connectivity index (χ1n) is 7.13. The number of benzene rings is 1. The third kappa shape index (κ3) is 2.41. The number of aromatic nitrogens is 2. The van der Waals surface area contributed by atoms with Gasteiger partial charge < -0.3 is 10.6 Å². The first kappa shape index (κ1) is 13.1. The van der Waals surface area contributed by atoms with E-state index >= 15 is 0 Å². The second-order valence-electron chi connectivity index (χ2n) is 5.68.